The predicted octanol–water partition coefficient (Wildman–Crippen LogP) is 4.83. The molecule has 0 bridgehead atoms. The van der Waals surface area contributed by atoms with Gasteiger partial charge in [-0.1, -0.05) is 12.1 Å². The zero-order valence-electron chi connectivity index (χ0n) is 13.4. The molecule has 0 aliphatic heterocycles. The van der Waals surface area contributed by atoms with Crippen molar-refractivity contribution in [2.45, 2.75) is 13.3 Å². The number of hydrogen-bond donors (Lipinski definition) is 1. The molecule has 3 rings (SSSR count). The number of aromatic nitrogens is 1. The third kappa shape index (κ3) is 3.90. The molecule has 1 heterocycles. The number of anilines is 1. The quantitative estimate of drug-likeness (QED) is 0.677. The van der Waals surface area contributed by atoms with Crippen LogP contribution in [0.1, 0.15) is 16.1 Å². The average molecular weight is 364 g/mol. The third-order valence-corrected chi connectivity index (χ3v) is 3.58. The smallest absolute Gasteiger partial charge is 0.404 e. The van der Waals surface area contributed by atoms with E-state index in [9.17, 15) is 22.4 Å². The highest BCUT2D eigenvalue weighted by Gasteiger charge is 2.32. The number of carbonyl (C=O) groups excluding carboxylic acids is 1. The molecule has 134 valence electrons. The number of nitrogens with zero attached hydrogens (tertiary/aromatic N) is 1. The Balaban J connectivity index is 1.93. The number of hydrogen-bond acceptors (Lipinski definition) is 3. The molecule has 0 saturated heterocycles. The topological polar surface area (TPSA) is 51.2 Å². The van der Waals surface area contributed by atoms with E-state index in [0.717, 1.165) is 6.07 Å². The summed E-state index contributed by atoms with van der Waals surface area (Å²) in [6.45, 7) is 1.55. The minimum absolute atomic E-state index is 0.131. The Morgan fingerprint density at radius 2 is 1.85 bits per heavy atom. The summed E-state index contributed by atoms with van der Waals surface area (Å²) >= 11 is 0. The number of rotatable bonds is 3. The summed E-state index contributed by atoms with van der Waals surface area (Å²) in [4.78, 5) is 16.7. The fourth-order valence-electron chi connectivity index (χ4n) is 2.44. The monoisotopic (exact) mass is 364 g/mol. The van der Waals surface area contributed by atoms with Crippen LogP contribution in [-0.2, 0) is 0 Å². The van der Waals surface area contributed by atoms with E-state index in [4.69, 9.17) is 0 Å². The van der Waals surface area contributed by atoms with Gasteiger partial charge in [0.25, 0.3) is 5.91 Å². The molecule has 2 aromatic carbocycles. The molecule has 1 aromatic heterocycles. The largest absolute Gasteiger partial charge is 0.573 e. The Bertz CT molecular complexity index is 987. The average Bonchev–Trinajstić information content (AvgIpc) is 2.54. The van der Waals surface area contributed by atoms with Crippen molar-refractivity contribution in [1.82, 2.24) is 4.98 Å². The molecule has 0 radical (unpaired) electrons. The Kier molecular flexibility index (Phi) is 4.50. The van der Waals surface area contributed by atoms with Crippen LogP contribution in [0.25, 0.3) is 10.9 Å². The summed E-state index contributed by atoms with van der Waals surface area (Å²) in [6.07, 6.45) is -4.88. The summed E-state index contributed by atoms with van der Waals surface area (Å²) in [5.41, 5.74) is 0.717. The van der Waals surface area contributed by atoms with Crippen LogP contribution in [0.15, 0.2) is 48.5 Å². The van der Waals surface area contributed by atoms with E-state index in [1.807, 2.05) is 0 Å². The zero-order chi connectivity index (χ0) is 18.9. The van der Waals surface area contributed by atoms with Gasteiger partial charge in [0.05, 0.1) is 22.5 Å². The number of amides is 1. The van der Waals surface area contributed by atoms with Crippen LogP contribution < -0.4 is 10.1 Å². The Labute approximate surface area is 145 Å². The van der Waals surface area contributed by atoms with Crippen LogP contribution in [0.2, 0.25) is 0 Å². The van der Waals surface area contributed by atoms with Crippen LogP contribution in [0, 0.1) is 12.7 Å². The number of aryl methyl sites for hydroxylation is 1. The summed E-state index contributed by atoms with van der Waals surface area (Å²) in [5, 5.41) is 2.92. The molecule has 1 N–H and O–H groups in total. The van der Waals surface area contributed by atoms with E-state index in [2.05, 4.69) is 15.0 Å². The van der Waals surface area contributed by atoms with E-state index >= 15 is 0 Å². The first-order valence-electron chi connectivity index (χ1n) is 7.46. The van der Waals surface area contributed by atoms with Crippen LogP contribution in [0.5, 0.6) is 5.75 Å². The Morgan fingerprint density at radius 1 is 1.12 bits per heavy atom. The summed E-state index contributed by atoms with van der Waals surface area (Å²) in [6, 6.07) is 10.6. The molecule has 3 aromatic rings. The van der Waals surface area contributed by atoms with Crippen LogP contribution in [-0.4, -0.2) is 17.3 Å². The van der Waals surface area contributed by atoms with E-state index in [1.54, 1.807) is 6.92 Å². The lowest BCUT2D eigenvalue weighted by Gasteiger charge is -2.14. The van der Waals surface area contributed by atoms with Crippen LogP contribution in [0.4, 0.5) is 23.2 Å². The number of carbonyl (C=O) groups is 1. The maximum Gasteiger partial charge on any atom is 0.573 e. The summed E-state index contributed by atoms with van der Waals surface area (Å²) in [7, 11) is 0. The number of pyridine rings is 1. The number of fused-ring (bicyclic) bond motifs is 1. The van der Waals surface area contributed by atoms with E-state index in [1.165, 1.54) is 42.5 Å². The van der Waals surface area contributed by atoms with Gasteiger partial charge in [-0.15, -0.1) is 13.2 Å². The molecule has 4 nitrogen and oxygen atoms in total. The van der Waals surface area contributed by atoms with Crippen molar-refractivity contribution in [3.63, 3.8) is 0 Å². The second kappa shape index (κ2) is 6.62. The zero-order valence-corrected chi connectivity index (χ0v) is 13.4. The second-order valence-corrected chi connectivity index (χ2v) is 5.46. The highest BCUT2D eigenvalue weighted by Crippen LogP contribution is 2.30. The Morgan fingerprint density at radius 3 is 2.58 bits per heavy atom. The standard InChI is InChI=1S/C18H12F4N2O2/c1-10-13(8-11-6-7-12(19)9-15(11)23-10)17(25)24-14-4-2-3-5-16(14)26-18(20,21)22/h2-9H,1H3,(H,24,25). The Hall–Kier alpha value is -3.16. The molecule has 0 atom stereocenters. The summed E-state index contributed by atoms with van der Waals surface area (Å²) in [5.74, 6) is -1.64. The van der Waals surface area contributed by atoms with Gasteiger partial charge in [-0.25, -0.2) is 4.39 Å². The first kappa shape index (κ1) is 17.7. The van der Waals surface area contributed by atoms with Gasteiger partial charge in [0.2, 0.25) is 0 Å². The highest BCUT2D eigenvalue weighted by atomic mass is 19.4. The molecular weight excluding hydrogens is 352 g/mol. The molecule has 0 spiro atoms. The molecule has 1 amide bonds. The van der Waals surface area contributed by atoms with Gasteiger partial charge in [-0.05, 0) is 37.3 Å². The first-order valence-corrected chi connectivity index (χ1v) is 7.46. The fraction of sp³-hybridized carbons (Fsp3) is 0.111. The number of alkyl halides is 3. The van der Waals surface area contributed by atoms with Crippen molar-refractivity contribution >= 4 is 22.5 Å². The van der Waals surface area contributed by atoms with Gasteiger partial charge in [-0.3, -0.25) is 9.78 Å². The van der Waals surface area contributed by atoms with Gasteiger partial charge >= 0.3 is 6.36 Å². The number of para-hydroxylation sites is 2. The molecule has 0 aliphatic carbocycles. The minimum Gasteiger partial charge on any atom is -0.404 e. The van der Waals surface area contributed by atoms with Crippen molar-refractivity contribution in [1.29, 1.82) is 0 Å². The van der Waals surface area contributed by atoms with Crippen molar-refractivity contribution in [3.8, 4) is 5.75 Å². The lowest BCUT2D eigenvalue weighted by atomic mass is 10.1. The molecule has 0 fully saturated rings. The van der Waals surface area contributed by atoms with Gasteiger partial charge in [-0.2, -0.15) is 0 Å². The van der Waals surface area contributed by atoms with Crippen molar-refractivity contribution < 1.29 is 27.1 Å². The fourth-order valence-corrected chi connectivity index (χ4v) is 2.44. The second-order valence-electron chi connectivity index (χ2n) is 5.46. The maximum absolute atomic E-state index is 13.3. The van der Waals surface area contributed by atoms with E-state index in [0.29, 0.717) is 16.6 Å². The maximum atomic E-state index is 13.3. The number of ether oxygens (including phenoxy) is 1. The van der Waals surface area contributed by atoms with Gasteiger partial charge in [0.1, 0.15) is 5.82 Å². The lowest BCUT2D eigenvalue weighted by Crippen LogP contribution is -2.20. The van der Waals surface area contributed by atoms with Gasteiger partial charge < -0.3 is 10.1 Å². The number of nitrogens with one attached hydrogen (secondary N) is 1. The van der Waals surface area contributed by atoms with Crippen LogP contribution in [0.3, 0.4) is 0 Å². The molecule has 26 heavy (non-hydrogen) atoms. The normalized spacial score (nSPS) is 11.4. The third-order valence-electron chi connectivity index (χ3n) is 3.58. The molecular formula is C18H12F4N2O2. The number of benzene rings is 2. The molecule has 8 heteroatoms. The minimum atomic E-state index is -4.88. The number of halogens is 4. The van der Waals surface area contributed by atoms with E-state index < -0.39 is 23.8 Å². The van der Waals surface area contributed by atoms with Crippen molar-refractivity contribution in [2.75, 3.05) is 5.32 Å². The van der Waals surface area contributed by atoms with Crippen molar-refractivity contribution in [3.05, 3.63) is 65.6 Å². The molecule has 0 aliphatic rings. The van der Waals surface area contributed by atoms with Gasteiger partial charge in [0, 0.05) is 11.5 Å². The van der Waals surface area contributed by atoms with E-state index in [-0.39, 0.29) is 11.3 Å². The van der Waals surface area contributed by atoms with Crippen LogP contribution >= 0.6 is 0 Å². The highest BCUT2D eigenvalue weighted by molar-refractivity contribution is 6.07. The molecule has 0 saturated carbocycles. The predicted molar refractivity (Wildman–Crippen MR) is 87.5 cm³/mol. The van der Waals surface area contributed by atoms with Gasteiger partial charge in [0.15, 0.2) is 5.75 Å². The lowest BCUT2D eigenvalue weighted by molar-refractivity contribution is -0.274. The molecule has 0 unspecified atom stereocenters. The summed E-state index contributed by atoms with van der Waals surface area (Å²) < 4.78 is 54.6. The SMILES string of the molecule is Cc1nc2cc(F)ccc2cc1C(=O)Nc1ccccc1OC(F)(F)F. The van der Waals surface area contributed by atoms with Crippen molar-refractivity contribution in [2.24, 2.45) is 0 Å². The first-order chi connectivity index (χ1) is 12.2.